The molecule has 0 spiro atoms. The zero-order valence-corrected chi connectivity index (χ0v) is 9.31. The quantitative estimate of drug-likeness (QED) is 0.701. The fourth-order valence-electron chi connectivity index (χ4n) is 1.21. The number of ether oxygens (including phenoxy) is 2. The summed E-state index contributed by atoms with van der Waals surface area (Å²) in [6, 6.07) is 3.69. The van der Waals surface area contributed by atoms with Crippen molar-refractivity contribution in [1.29, 1.82) is 0 Å². The highest BCUT2D eigenvalue weighted by Gasteiger charge is 2.12. The second-order valence-electron chi connectivity index (χ2n) is 3.53. The van der Waals surface area contributed by atoms with E-state index in [1.807, 2.05) is 26.0 Å². The van der Waals surface area contributed by atoms with Gasteiger partial charge in [-0.15, -0.1) is 0 Å². The molecular weight excluding hydrogens is 194 g/mol. The maximum absolute atomic E-state index is 5.58. The summed E-state index contributed by atoms with van der Waals surface area (Å²) in [7, 11) is 0. The predicted molar refractivity (Wildman–Crippen MR) is 57.5 cm³/mol. The van der Waals surface area contributed by atoms with Gasteiger partial charge in [-0.3, -0.25) is 0 Å². The van der Waals surface area contributed by atoms with E-state index in [0.29, 0.717) is 19.8 Å². The van der Waals surface area contributed by atoms with Crippen LogP contribution in [0, 0.1) is 0 Å². The lowest BCUT2D eigenvalue weighted by Gasteiger charge is -2.14. The van der Waals surface area contributed by atoms with Crippen LogP contribution >= 0.6 is 0 Å². The van der Waals surface area contributed by atoms with Crippen molar-refractivity contribution in [3.8, 4) is 0 Å². The molecule has 0 amide bonds. The van der Waals surface area contributed by atoms with Gasteiger partial charge in [-0.25, -0.2) is 0 Å². The molecule has 0 aliphatic carbocycles. The van der Waals surface area contributed by atoms with Crippen LogP contribution in [-0.2, 0) is 9.47 Å². The Kier molecular flexibility index (Phi) is 5.39. The van der Waals surface area contributed by atoms with Crippen LogP contribution in [0.4, 0.5) is 0 Å². The number of rotatable bonds is 7. The summed E-state index contributed by atoms with van der Waals surface area (Å²) in [5, 5.41) is 0. The summed E-state index contributed by atoms with van der Waals surface area (Å²) in [5.41, 5.74) is 5.58. The average molecular weight is 213 g/mol. The van der Waals surface area contributed by atoms with Gasteiger partial charge in [-0.1, -0.05) is 0 Å². The SMILES string of the molecule is CC(C)OCCOC(CN)c1ccco1. The van der Waals surface area contributed by atoms with E-state index in [4.69, 9.17) is 19.6 Å². The molecule has 4 nitrogen and oxygen atoms in total. The molecule has 1 heterocycles. The predicted octanol–water partition coefficient (Wildman–Crippen LogP) is 1.72. The molecule has 0 saturated carbocycles. The van der Waals surface area contributed by atoms with Crippen LogP contribution in [0.15, 0.2) is 22.8 Å². The van der Waals surface area contributed by atoms with Gasteiger partial charge >= 0.3 is 0 Å². The third-order valence-electron chi connectivity index (χ3n) is 1.93. The minimum atomic E-state index is -0.171. The van der Waals surface area contributed by atoms with Crippen LogP contribution in [0.3, 0.4) is 0 Å². The Morgan fingerprint density at radius 1 is 1.33 bits per heavy atom. The molecule has 2 N–H and O–H groups in total. The van der Waals surface area contributed by atoms with Crippen molar-refractivity contribution in [3.63, 3.8) is 0 Å². The zero-order valence-electron chi connectivity index (χ0n) is 9.31. The van der Waals surface area contributed by atoms with Gasteiger partial charge in [0.15, 0.2) is 0 Å². The number of furan rings is 1. The molecule has 0 fully saturated rings. The van der Waals surface area contributed by atoms with Gasteiger partial charge in [0, 0.05) is 6.54 Å². The average Bonchev–Trinajstić information content (AvgIpc) is 2.70. The van der Waals surface area contributed by atoms with Gasteiger partial charge in [-0.2, -0.15) is 0 Å². The van der Waals surface area contributed by atoms with E-state index in [9.17, 15) is 0 Å². The van der Waals surface area contributed by atoms with Crippen molar-refractivity contribution in [2.24, 2.45) is 5.73 Å². The van der Waals surface area contributed by atoms with Crippen LogP contribution in [0.2, 0.25) is 0 Å². The highest BCUT2D eigenvalue weighted by Crippen LogP contribution is 2.15. The first-order valence-corrected chi connectivity index (χ1v) is 5.20. The zero-order chi connectivity index (χ0) is 11.1. The molecule has 0 aliphatic heterocycles. The highest BCUT2D eigenvalue weighted by atomic mass is 16.5. The Morgan fingerprint density at radius 2 is 2.07 bits per heavy atom. The van der Waals surface area contributed by atoms with E-state index in [1.54, 1.807) is 6.26 Å². The van der Waals surface area contributed by atoms with E-state index >= 15 is 0 Å². The molecule has 0 aliphatic rings. The second kappa shape index (κ2) is 6.61. The fourth-order valence-corrected chi connectivity index (χ4v) is 1.21. The molecule has 0 radical (unpaired) electrons. The lowest BCUT2D eigenvalue weighted by atomic mass is 10.3. The minimum absolute atomic E-state index is 0.171. The summed E-state index contributed by atoms with van der Waals surface area (Å²) < 4.78 is 16.1. The van der Waals surface area contributed by atoms with Gasteiger partial charge in [0.05, 0.1) is 25.6 Å². The Labute approximate surface area is 90.3 Å². The van der Waals surface area contributed by atoms with Crippen LogP contribution in [-0.4, -0.2) is 25.9 Å². The van der Waals surface area contributed by atoms with Crippen LogP contribution in [0.25, 0.3) is 0 Å². The van der Waals surface area contributed by atoms with Crippen molar-refractivity contribution in [2.75, 3.05) is 19.8 Å². The molecule has 0 saturated heterocycles. The van der Waals surface area contributed by atoms with Gasteiger partial charge in [-0.05, 0) is 26.0 Å². The van der Waals surface area contributed by atoms with Gasteiger partial charge < -0.3 is 19.6 Å². The van der Waals surface area contributed by atoms with E-state index in [1.165, 1.54) is 0 Å². The van der Waals surface area contributed by atoms with Gasteiger partial charge in [0.1, 0.15) is 11.9 Å². The fraction of sp³-hybridized carbons (Fsp3) is 0.636. The summed E-state index contributed by atoms with van der Waals surface area (Å²) in [4.78, 5) is 0. The lowest BCUT2D eigenvalue weighted by molar-refractivity contribution is -0.0169. The van der Waals surface area contributed by atoms with Crippen molar-refractivity contribution in [3.05, 3.63) is 24.2 Å². The Bertz CT molecular complexity index is 246. The third-order valence-corrected chi connectivity index (χ3v) is 1.93. The Balaban J connectivity index is 2.23. The van der Waals surface area contributed by atoms with E-state index in [0.717, 1.165) is 5.76 Å². The molecule has 15 heavy (non-hydrogen) atoms. The van der Waals surface area contributed by atoms with Crippen molar-refractivity contribution >= 4 is 0 Å². The topological polar surface area (TPSA) is 57.6 Å². The maximum Gasteiger partial charge on any atom is 0.133 e. The molecule has 4 heteroatoms. The normalized spacial score (nSPS) is 13.3. The smallest absolute Gasteiger partial charge is 0.133 e. The monoisotopic (exact) mass is 213 g/mol. The number of hydrogen-bond donors (Lipinski definition) is 1. The molecule has 0 bridgehead atoms. The molecule has 86 valence electrons. The van der Waals surface area contributed by atoms with Crippen molar-refractivity contribution in [2.45, 2.75) is 26.1 Å². The minimum Gasteiger partial charge on any atom is -0.467 e. The summed E-state index contributed by atoms with van der Waals surface area (Å²) in [6.07, 6.45) is 1.68. The standard InChI is InChI=1S/C11H19NO3/c1-9(2)13-6-7-15-11(8-12)10-4-3-5-14-10/h3-5,9,11H,6-8,12H2,1-2H3. The van der Waals surface area contributed by atoms with E-state index in [-0.39, 0.29) is 12.2 Å². The summed E-state index contributed by atoms with van der Waals surface area (Å²) in [5.74, 6) is 0.766. The van der Waals surface area contributed by atoms with Crippen LogP contribution in [0.5, 0.6) is 0 Å². The first kappa shape index (κ1) is 12.2. The first-order valence-electron chi connectivity index (χ1n) is 5.20. The van der Waals surface area contributed by atoms with Crippen molar-refractivity contribution in [1.82, 2.24) is 0 Å². The first-order chi connectivity index (χ1) is 7.24. The molecule has 1 aromatic rings. The summed E-state index contributed by atoms with van der Waals surface area (Å²) >= 11 is 0. The van der Waals surface area contributed by atoms with E-state index in [2.05, 4.69) is 0 Å². The molecule has 1 atom stereocenters. The molecular formula is C11H19NO3. The molecule has 1 unspecified atom stereocenters. The molecule has 0 aromatic carbocycles. The number of hydrogen-bond acceptors (Lipinski definition) is 4. The van der Waals surface area contributed by atoms with Gasteiger partial charge in [0.25, 0.3) is 0 Å². The molecule has 1 aromatic heterocycles. The highest BCUT2D eigenvalue weighted by molar-refractivity contribution is 5.02. The van der Waals surface area contributed by atoms with Crippen LogP contribution in [0.1, 0.15) is 25.7 Å². The largest absolute Gasteiger partial charge is 0.467 e. The lowest BCUT2D eigenvalue weighted by Crippen LogP contribution is -2.18. The second-order valence-corrected chi connectivity index (χ2v) is 3.53. The number of nitrogens with two attached hydrogens (primary N) is 1. The Hall–Kier alpha value is -0.840. The summed E-state index contributed by atoms with van der Waals surface area (Å²) in [6.45, 7) is 5.50. The van der Waals surface area contributed by atoms with Gasteiger partial charge in [0.2, 0.25) is 0 Å². The maximum atomic E-state index is 5.58. The van der Waals surface area contributed by atoms with E-state index < -0.39 is 0 Å². The molecule has 1 rings (SSSR count). The van der Waals surface area contributed by atoms with Crippen molar-refractivity contribution < 1.29 is 13.9 Å². The third kappa shape index (κ3) is 4.46. The Morgan fingerprint density at radius 3 is 2.60 bits per heavy atom. The van der Waals surface area contributed by atoms with Crippen LogP contribution < -0.4 is 5.73 Å².